The van der Waals surface area contributed by atoms with Crippen molar-refractivity contribution in [1.82, 2.24) is 0 Å². The lowest BCUT2D eigenvalue weighted by Crippen LogP contribution is -2.29. The Hall–Kier alpha value is -0.870. The molecule has 0 aliphatic carbocycles. The first kappa shape index (κ1) is 86.1. The Labute approximate surface area is 549 Å². The standard InChI is InChI=1S/C83H164O4/c1-6-8-10-12-14-16-18-20-22-24-25-26-27-33-39-45-51-57-63-69-75-80(83(86)87-5)82(85)77-71-65-59-53-47-41-35-29-31-37-43-49-55-61-67-73-78(3)72-66-60-54-48-42-36-30-28-34-40-46-52-58-64-70-76-81(84)79(4)74-68-62-56-50-44-38-32-23-21-19-17-15-13-11-9-7-2/h66,72,78-82,84-85H,6-65,67-71,73-77H2,1-5H3/t78-,79+,80-,81-,82-/m1/s1. The third-order valence-corrected chi connectivity index (χ3v) is 20.5. The summed E-state index contributed by atoms with van der Waals surface area (Å²) in [6, 6.07) is 0. The molecule has 0 saturated carbocycles. The number of esters is 1. The van der Waals surface area contributed by atoms with Gasteiger partial charge in [-0.05, 0) is 56.8 Å². The van der Waals surface area contributed by atoms with E-state index >= 15 is 0 Å². The largest absolute Gasteiger partial charge is 0.469 e. The fourth-order valence-electron chi connectivity index (χ4n) is 14.0. The maximum absolute atomic E-state index is 12.5. The van der Waals surface area contributed by atoms with Gasteiger partial charge in [-0.15, -0.1) is 0 Å². The van der Waals surface area contributed by atoms with Gasteiger partial charge in [0.2, 0.25) is 0 Å². The molecular weight excluding hydrogens is 1060 g/mol. The lowest BCUT2D eigenvalue weighted by molar-refractivity contribution is -0.150. The first-order valence-electron chi connectivity index (χ1n) is 41.0. The fourth-order valence-corrected chi connectivity index (χ4v) is 14.0. The molecule has 0 unspecified atom stereocenters. The number of hydrogen-bond acceptors (Lipinski definition) is 4. The summed E-state index contributed by atoms with van der Waals surface area (Å²) in [5.41, 5.74) is 0. The van der Waals surface area contributed by atoms with Crippen molar-refractivity contribution in [3.8, 4) is 0 Å². The quantitative estimate of drug-likeness (QED) is 0.0362. The highest BCUT2D eigenvalue weighted by Gasteiger charge is 2.27. The van der Waals surface area contributed by atoms with E-state index in [0.717, 1.165) is 50.9 Å². The molecule has 0 aromatic heterocycles. The van der Waals surface area contributed by atoms with Crippen molar-refractivity contribution < 1.29 is 19.7 Å². The Morgan fingerprint density at radius 1 is 0.287 bits per heavy atom. The van der Waals surface area contributed by atoms with Gasteiger partial charge in [0.05, 0.1) is 25.2 Å². The molecule has 0 aromatic rings. The van der Waals surface area contributed by atoms with E-state index in [1.807, 2.05) is 0 Å². The number of carbonyl (C=O) groups is 1. The molecule has 5 atom stereocenters. The molecule has 87 heavy (non-hydrogen) atoms. The number of unbranched alkanes of at least 4 members (excludes halogenated alkanes) is 61. The van der Waals surface area contributed by atoms with E-state index in [4.69, 9.17) is 4.74 Å². The van der Waals surface area contributed by atoms with Crippen LogP contribution in [0.4, 0.5) is 0 Å². The Kier molecular flexibility index (Phi) is 73.4. The number of hydrogen-bond donors (Lipinski definition) is 2. The molecule has 0 aromatic carbocycles. The van der Waals surface area contributed by atoms with Gasteiger partial charge in [0.1, 0.15) is 0 Å². The third-order valence-electron chi connectivity index (χ3n) is 20.5. The van der Waals surface area contributed by atoms with E-state index in [0.29, 0.717) is 5.92 Å². The Bertz CT molecular complexity index is 1300. The first-order valence-corrected chi connectivity index (χ1v) is 41.0. The predicted molar refractivity (Wildman–Crippen MR) is 390 cm³/mol. The predicted octanol–water partition coefficient (Wildman–Crippen LogP) is 28.7. The zero-order valence-corrected chi connectivity index (χ0v) is 60.7. The van der Waals surface area contributed by atoms with E-state index < -0.39 is 6.10 Å². The van der Waals surface area contributed by atoms with Crippen LogP contribution in [0, 0.1) is 17.8 Å². The molecule has 0 heterocycles. The van der Waals surface area contributed by atoms with Gasteiger partial charge in [0.15, 0.2) is 0 Å². The molecule has 0 spiro atoms. The summed E-state index contributed by atoms with van der Waals surface area (Å²) in [4.78, 5) is 12.5. The number of carbonyl (C=O) groups excluding carboxylic acids is 1. The number of aliphatic hydroxyl groups is 2. The topological polar surface area (TPSA) is 66.8 Å². The molecule has 0 aliphatic heterocycles. The minimum absolute atomic E-state index is 0.0842. The molecule has 2 N–H and O–H groups in total. The van der Waals surface area contributed by atoms with Crippen LogP contribution >= 0.6 is 0 Å². The van der Waals surface area contributed by atoms with Gasteiger partial charge in [-0.25, -0.2) is 0 Å². The van der Waals surface area contributed by atoms with Crippen LogP contribution in [0.2, 0.25) is 0 Å². The molecule has 0 radical (unpaired) electrons. The first-order chi connectivity index (χ1) is 42.9. The van der Waals surface area contributed by atoms with Gasteiger partial charge < -0.3 is 14.9 Å². The van der Waals surface area contributed by atoms with Crippen LogP contribution in [0.5, 0.6) is 0 Å². The molecule has 0 rings (SSSR count). The summed E-state index contributed by atoms with van der Waals surface area (Å²) < 4.78 is 5.12. The summed E-state index contributed by atoms with van der Waals surface area (Å²) in [5.74, 6) is 0.643. The Morgan fingerprint density at radius 2 is 0.506 bits per heavy atom. The van der Waals surface area contributed by atoms with Crippen LogP contribution in [0.25, 0.3) is 0 Å². The lowest BCUT2D eigenvalue weighted by atomic mass is 9.91. The average Bonchev–Trinajstić information content (AvgIpc) is 3.56. The second-order valence-corrected chi connectivity index (χ2v) is 29.3. The second kappa shape index (κ2) is 74.2. The summed E-state index contributed by atoms with van der Waals surface area (Å²) in [7, 11) is 1.48. The van der Waals surface area contributed by atoms with Crippen molar-refractivity contribution in [2.24, 2.45) is 17.8 Å². The van der Waals surface area contributed by atoms with Crippen LogP contribution < -0.4 is 0 Å². The molecule has 0 fully saturated rings. The number of aliphatic hydroxyl groups excluding tert-OH is 2. The van der Waals surface area contributed by atoms with Crippen molar-refractivity contribution in [3.05, 3.63) is 12.2 Å². The van der Waals surface area contributed by atoms with Crippen molar-refractivity contribution >= 4 is 5.97 Å². The molecule has 0 aliphatic rings. The number of rotatable bonds is 76. The zero-order chi connectivity index (χ0) is 63.1. The molecule has 4 nitrogen and oxygen atoms in total. The smallest absolute Gasteiger partial charge is 0.311 e. The third kappa shape index (κ3) is 67.8. The zero-order valence-electron chi connectivity index (χ0n) is 60.7. The van der Waals surface area contributed by atoms with Crippen molar-refractivity contribution in [2.75, 3.05) is 7.11 Å². The minimum atomic E-state index is -0.558. The maximum atomic E-state index is 12.5. The van der Waals surface area contributed by atoms with E-state index in [1.165, 1.54) is 412 Å². The van der Waals surface area contributed by atoms with Crippen molar-refractivity contribution in [1.29, 1.82) is 0 Å². The van der Waals surface area contributed by atoms with Gasteiger partial charge >= 0.3 is 5.97 Å². The average molecular weight is 1230 g/mol. The second-order valence-electron chi connectivity index (χ2n) is 29.3. The SMILES string of the molecule is CCCCCCCCCCCCCCCCCCCCCC[C@@H](C(=O)OC)[C@H](O)CCCCCCCCCCCCCCCCC[C@H](C)C=CCCCCCCCCCCCCCCC[C@@H](O)[C@@H](C)CCCCCCCCCCCCCCCCCC. The van der Waals surface area contributed by atoms with Crippen molar-refractivity contribution in [3.63, 3.8) is 0 Å². The van der Waals surface area contributed by atoms with E-state index in [-0.39, 0.29) is 18.0 Å². The van der Waals surface area contributed by atoms with E-state index in [1.54, 1.807) is 0 Å². The molecule has 520 valence electrons. The van der Waals surface area contributed by atoms with Crippen LogP contribution in [0.3, 0.4) is 0 Å². The fraction of sp³-hybridized carbons (Fsp3) is 0.964. The number of methoxy groups -OCH3 is 1. The molecule has 0 bridgehead atoms. The number of allylic oxidation sites excluding steroid dienone is 2. The van der Waals surface area contributed by atoms with Crippen molar-refractivity contribution in [2.45, 2.75) is 489 Å². The normalized spacial score (nSPS) is 13.7. The van der Waals surface area contributed by atoms with Crippen LogP contribution in [-0.2, 0) is 9.53 Å². The minimum Gasteiger partial charge on any atom is -0.469 e. The highest BCUT2D eigenvalue weighted by Crippen LogP contribution is 2.25. The van der Waals surface area contributed by atoms with E-state index in [2.05, 4.69) is 39.8 Å². The molecular formula is C83H164O4. The van der Waals surface area contributed by atoms with Crippen LogP contribution in [0.15, 0.2) is 12.2 Å². The summed E-state index contributed by atoms with van der Waals surface area (Å²) in [5, 5.41) is 21.7. The van der Waals surface area contributed by atoms with Crippen LogP contribution in [0.1, 0.15) is 477 Å². The number of ether oxygens (including phenoxy) is 1. The molecule has 4 heteroatoms. The summed E-state index contributed by atoms with van der Waals surface area (Å²) in [6.07, 6.45) is 99.1. The molecule has 0 amide bonds. The lowest BCUT2D eigenvalue weighted by Gasteiger charge is -2.20. The highest BCUT2D eigenvalue weighted by atomic mass is 16.5. The van der Waals surface area contributed by atoms with Gasteiger partial charge in [-0.1, -0.05) is 444 Å². The van der Waals surface area contributed by atoms with Crippen LogP contribution in [-0.4, -0.2) is 35.5 Å². The monoisotopic (exact) mass is 1230 g/mol. The Balaban J connectivity index is 3.48. The van der Waals surface area contributed by atoms with Gasteiger partial charge in [0.25, 0.3) is 0 Å². The Morgan fingerprint density at radius 3 is 0.782 bits per heavy atom. The summed E-state index contributed by atoms with van der Waals surface area (Å²) >= 11 is 0. The van der Waals surface area contributed by atoms with E-state index in [9.17, 15) is 15.0 Å². The van der Waals surface area contributed by atoms with Gasteiger partial charge in [-0.2, -0.15) is 0 Å². The maximum Gasteiger partial charge on any atom is 0.311 e. The highest BCUT2D eigenvalue weighted by molar-refractivity contribution is 5.72. The van der Waals surface area contributed by atoms with Gasteiger partial charge in [0, 0.05) is 0 Å². The molecule has 0 saturated heterocycles. The summed E-state index contributed by atoms with van der Waals surface area (Å²) in [6.45, 7) is 9.31. The van der Waals surface area contributed by atoms with Gasteiger partial charge in [-0.3, -0.25) is 4.79 Å².